The first kappa shape index (κ1) is 23.8. The fourth-order valence-electron chi connectivity index (χ4n) is 4.06. The smallest absolute Gasteiger partial charge is 0.328 e. The van der Waals surface area contributed by atoms with Crippen molar-refractivity contribution in [2.24, 2.45) is 0 Å². The van der Waals surface area contributed by atoms with Gasteiger partial charge in [0.1, 0.15) is 6.04 Å². The zero-order valence-electron chi connectivity index (χ0n) is 19.2. The molecule has 8 nitrogen and oxygen atoms in total. The molecule has 1 aliphatic heterocycles. The Hall–Kier alpha value is -3.36. The van der Waals surface area contributed by atoms with Gasteiger partial charge in [-0.3, -0.25) is 9.69 Å². The van der Waals surface area contributed by atoms with E-state index in [1.54, 1.807) is 34.8 Å². The number of para-hydroxylation sites is 1. The van der Waals surface area contributed by atoms with Crippen molar-refractivity contribution in [1.29, 1.82) is 0 Å². The van der Waals surface area contributed by atoms with Gasteiger partial charge in [0.05, 0.1) is 25.6 Å². The lowest BCUT2D eigenvalue weighted by molar-refractivity contribution is -0.150. The van der Waals surface area contributed by atoms with Crippen LogP contribution < -0.4 is 4.74 Å². The van der Waals surface area contributed by atoms with Gasteiger partial charge >= 0.3 is 5.97 Å². The number of piperazine rings is 1. The third-order valence-corrected chi connectivity index (χ3v) is 6.04. The third-order valence-electron chi connectivity index (χ3n) is 5.79. The Kier molecular flexibility index (Phi) is 7.49. The highest BCUT2D eigenvalue weighted by atomic mass is 35.5. The number of hydrogen-bond acceptors (Lipinski definition) is 6. The maximum absolute atomic E-state index is 13.3. The SMILES string of the molecule is CCOC(=O)C(c1ccc(Cl)cc1)N1CCN(C(=O)c2nn(-c3ccccc3)cc2OC)CC1. The summed E-state index contributed by atoms with van der Waals surface area (Å²) in [5.74, 6) is -0.0971. The largest absolute Gasteiger partial charge is 0.493 e. The van der Waals surface area contributed by atoms with Crippen molar-refractivity contribution >= 4 is 23.5 Å². The molecule has 1 aliphatic rings. The van der Waals surface area contributed by atoms with Crippen molar-refractivity contribution in [3.05, 3.63) is 77.1 Å². The van der Waals surface area contributed by atoms with E-state index >= 15 is 0 Å². The van der Waals surface area contributed by atoms with E-state index in [0.29, 0.717) is 43.6 Å². The average molecular weight is 483 g/mol. The molecule has 1 amide bonds. The molecule has 1 aromatic heterocycles. The summed E-state index contributed by atoms with van der Waals surface area (Å²) < 4.78 is 12.4. The van der Waals surface area contributed by atoms with Crippen LogP contribution in [0.1, 0.15) is 29.0 Å². The Bertz CT molecular complexity index is 1130. The summed E-state index contributed by atoms with van der Waals surface area (Å²) >= 11 is 6.03. The first-order valence-electron chi connectivity index (χ1n) is 11.2. The molecule has 0 saturated carbocycles. The lowest BCUT2D eigenvalue weighted by Gasteiger charge is -2.38. The third kappa shape index (κ3) is 5.08. The summed E-state index contributed by atoms with van der Waals surface area (Å²) in [4.78, 5) is 29.8. The minimum Gasteiger partial charge on any atom is -0.493 e. The van der Waals surface area contributed by atoms with Gasteiger partial charge in [0.2, 0.25) is 0 Å². The van der Waals surface area contributed by atoms with Crippen LogP contribution >= 0.6 is 11.6 Å². The molecular formula is C25H27ClN4O4. The molecule has 2 heterocycles. The molecule has 1 saturated heterocycles. The number of rotatable bonds is 7. The second-order valence-corrected chi connectivity index (χ2v) is 8.30. The summed E-state index contributed by atoms with van der Waals surface area (Å²) in [6.45, 7) is 4.01. The van der Waals surface area contributed by atoms with E-state index in [-0.39, 0.29) is 17.6 Å². The van der Waals surface area contributed by atoms with Gasteiger partial charge < -0.3 is 14.4 Å². The molecular weight excluding hydrogens is 456 g/mol. The van der Waals surface area contributed by atoms with Gasteiger partial charge in [-0.2, -0.15) is 5.10 Å². The van der Waals surface area contributed by atoms with Crippen molar-refractivity contribution < 1.29 is 19.1 Å². The van der Waals surface area contributed by atoms with Crippen LogP contribution in [0.2, 0.25) is 5.02 Å². The number of ether oxygens (including phenoxy) is 2. The first-order valence-corrected chi connectivity index (χ1v) is 11.5. The van der Waals surface area contributed by atoms with E-state index in [1.807, 2.05) is 47.4 Å². The van der Waals surface area contributed by atoms with Crippen LogP contribution in [-0.4, -0.2) is 71.4 Å². The molecule has 4 rings (SSSR count). The van der Waals surface area contributed by atoms with Gasteiger partial charge in [0.25, 0.3) is 5.91 Å². The number of halogens is 1. The highest BCUT2D eigenvalue weighted by Crippen LogP contribution is 2.27. The van der Waals surface area contributed by atoms with Crippen molar-refractivity contribution in [3.8, 4) is 11.4 Å². The number of amides is 1. The van der Waals surface area contributed by atoms with Crippen LogP contribution in [0.5, 0.6) is 5.75 Å². The highest BCUT2D eigenvalue weighted by molar-refractivity contribution is 6.30. The number of hydrogen-bond donors (Lipinski definition) is 0. The molecule has 0 aliphatic carbocycles. The number of nitrogens with zero attached hydrogens (tertiary/aromatic N) is 4. The van der Waals surface area contributed by atoms with Gasteiger partial charge in [0.15, 0.2) is 11.4 Å². The second-order valence-electron chi connectivity index (χ2n) is 7.86. The predicted molar refractivity (Wildman–Crippen MR) is 128 cm³/mol. The minimum atomic E-state index is -0.554. The zero-order chi connectivity index (χ0) is 24.1. The van der Waals surface area contributed by atoms with Crippen molar-refractivity contribution in [2.45, 2.75) is 13.0 Å². The highest BCUT2D eigenvalue weighted by Gasteiger charge is 2.34. The van der Waals surface area contributed by atoms with Gasteiger partial charge in [0, 0.05) is 31.2 Å². The fourth-order valence-corrected chi connectivity index (χ4v) is 4.19. The summed E-state index contributed by atoms with van der Waals surface area (Å²) in [5.41, 5.74) is 1.91. The molecule has 1 unspecified atom stereocenters. The Morgan fingerprint density at radius 1 is 1.03 bits per heavy atom. The van der Waals surface area contributed by atoms with Crippen LogP contribution in [0.25, 0.3) is 5.69 Å². The average Bonchev–Trinajstić information content (AvgIpc) is 3.31. The summed E-state index contributed by atoms with van der Waals surface area (Å²) in [6, 6.07) is 16.2. The quantitative estimate of drug-likeness (QED) is 0.479. The van der Waals surface area contributed by atoms with E-state index in [1.165, 1.54) is 7.11 Å². The number of carbonyl (C=O) groups excluding carboxylic acids is 2. The van der Waals surface area contributed by atoms with E-state index in [2.05, 4.69) is 5.10 Å². The van der Waals surface area contributed by atoms with Crippen LogP contribution in [-0.2, 0) is 9.53 Å². The molecule has 178 valence electrons. The lowest BCUT2D eigenvalue weighted by atomic mass is 10.0. The standard InChI is InChI=1S/C25H27ClN4O4/c1-3-34-25(32)23(18-9-11-19(26)12-10-18)28-13-15-29(16-14-28)24(31)22-21(33-2)17-30(27-22)20-7-5-4-6-8-20/h4-12,17,23H,3,13-16H2,1-2H3. The van der Waals surface area contributed by atoms with Crippen LogP contribution in [0, 0.1) is 0 Å². The fraction of sp³-hybridized carbons (Fsp3) is 0.320. The molecule has 1 fully saturated rings. The van der Waals surface area contributed by atoms with E-state index < -0.39 is 6.04 Å². The monoisotopic (exact) mass is 482 g/mol. The topological polar surface area (TPSA) is 76.9 Å². The van der Waals surface area contributed by atoms with Gasteiger partial charge in [-0.05, 0) is 36.8 Å². The maximum Gasteiger partial charge on any atom is 0.328 e. The van der Waals surface area contributed by atoms with Gasteiger partial charge in [-0.1, -0.05) is 41.9 Å². The molecule has 2 aromatic carbocycles. The Balaban J connectivity index is 1.49. The molecule has 1 atom stereocenters. The van der Waals surface area contributed by atoms with E-state index in [9.17, 15) is 9.59 Å². The lowest BCUT2D eigenvalue weighted by Crippen LogP contribution is -2.51. The molecule has 0 radical (unpaired) electrons. The molecule has 0 bridgehead atoms. The minimum absolute atomic E-state index is 0.203. The summed E-state index contributed by atoms with van der Waals surface area (Å²) in [7, 11) is 1.52. The number of aromatic nitrogens is 2. The predicted octanol–water partition coefficient (Wildman–Crippen LogP) is 3.60. The number of methoxy groups -OCH3 is 1. The Morgan fingerprint density at radius 3 is 2.32 bits per heavy atom. The van der Waals surface area contributed by atoms with Crippen molar-refractivity contribution in [3.63, 3.8) is 0 Å². The molecule has 0 N–H and O–H groups in total. The van der Waals surface area contributed by atoms with Crippen LogP contribution in [0.4, 0.5) is 0 Å². The van der Waals surface area contributed by atoms with Crippen molar-refractivity contribution in [1.82, 2.24) is 19.6 Å². The molecule has 0 spiro atoms. The van der Waals surface area contributed by atoms with Gasteiger partial charge in [-0.25, -0.2) is 9.48 Å². The summed E-state index contributed by atoms with van der Waals surface area (Å²) in [5, 5.41) is 5.09. The van der Waals surface area contributed by atoms with Crippen LogP contribution in [0.15, 0.2) is 60.8 Å². The summed E-state index contributed by atoms with van der Waals surface area (Å²) in [6.07, 6.45) is 1.70. The van der Waals surface area contributed by atoms with E-state index in [0.717, 1.165) is 11.3 Å². The molecule has 9 heteroatoms. The zero-order valence-corrected chi connectivity index (χ0v) is 19.9. The number of esters is 1. The van der Waals surface area contributed by atoms with E-state index in [4.69, 9.17) is 21.1 Å². The Morgan fingerprint density at radius 2 is 1.71 bits per heavy atom. The normalized spacial score (nSPS) is 15.1. The Labute approximate surface area is 203 Å². The molecule has 34 heavy (non-hydrogen) atoms. The molecule has 3 aromatic rings. The van der Waals surface area contributed by atoms with Crippen molar-refractivity contribution in [2.75, 3.05) is 39.9 Å². The first-order chi connectivity index (χ1) is 16.5. The second kappa shape index (κ2) is 10.7. The van der Waals surface area contributed by atoms with Crippen LogP contribution in [0.3, 0.4) is 0 Å². The number of benzene rings is 2. The number of carbonyl (C=O) groups is 2. The van der Waals surface area contributed by atoms with Gasteiger partial charge in [-0.15, -0.1) is 0 Å². The maximum atomic E-state index is 13.3.